The molecule has 2 fully saturated rings. The number of hydrogen-bond acceptors (Lipinski definition) is 5. The quantitative estimate of drug-likeness (QED) is 0.563. The van der Waals surface area contributed by atoms with Gasteiger partial charge in [-0.25, -0.2) is 0 Å². The fourth-order valence-corrected chi connectivity index (χ4v) is 5.85. The number of fused-ring (bicyclic) bond motifs is 6. The largest absolute Gasteiger partial charge is 0.493 e. The highest BCUT2D eigenvalue weighted by Crippen LogP contribution is 2.52. The zero-order chi connectivity index (χ0) is 19.7. The van der Waals surface area contributed by atoms with E-state index >= 15 is 0 Å². The van der Waals surface area contributed by atoms with Gasteiger partial charge in [0.25, 0.3) is 0 Å². The summed E-state index contributed by atoms with van der Waals surface area (Å²) in [6.45, 7) is 3.24. The van der Waals surface area contributed by atoms with Crippen molar-refractivity contribution >= 4 is 5.71 Å². The van der Waals surface area contributed by atoms with E-state index in [0.717, 1.165) is 36.6 Å². The van der Waals surface area contributed by atoms with Crippen LogP contribution >= 0.6 is 0 Å². The van der Waals surface area contributed by atoms with E-state index in [1.54, 1.807) is 14.2 Å². The maximum Gasteiger partial charge on any atom is 0.161 e. The van der Waals surface area contributed by atoms with Gasteiger partial charge in [-0.2, -0.15) is 0 Å². The van der Waals surface area contributed by atoms with Crippen LogP contribution in [0.3, 0.4) is 0 Å². The van der Waals surface area contributed by atoms with Crippen LogP contribution in [0.2, 0.25) is 0 Å². The minimum absolute atomic E-state index is 0.276. The summed E-state index contributed by atoms with van der Waals surface area (Å²) in [5, 5.41) is 13.5. The van der Waals surface area contributed by atoms with Crippen molar-refractivity contribution in [3.8, 4) is 11.5 Å². The summed E-state index contributed by atoms with van der Waals surface area (Å²) in [6.07, 6.45) is 9.44. The Morgan fingerprint density at radius 3 is 2.50 bits per heavy atom. The molecule has 2 heterocycles. The topological polar surface area (TPSA) is 54.3 Å². The van der Waals surface area contributed by atoms with Crippen LogP contribution in [0.25, 0.3) is 0 Å². The Hall–Kier alpha value is -1.75. The lowest BCUT2D eigenvalue weighted by Crippen LogP contribution is -2.53. The summed E-state index contributed by atoms with van der Waals surface area (Å²) in [4.78, 5) is 2.74. The highest BCUT2D eigenvalue weighted by atomic mass is 16.5. The monoisotopic (exact) mass is 386 g/mol. The number of hydrogen-bond donors (Lipinski definition) is 1. The van der Waals surface area contributed by atoms with Gasteiger partial charge < -0.3 is 14.7 Å². The van der Waals surface area contributed by atoms with E-state index in [0.29, 0.717) is 17.9 Å². The number of oxime groups is 1. The van der Waals surface area contributed by atoms with E-state index in [1.165, 1.54) is 49.7 Å². The maximum absolute atomic E-state index is 9.74. The second kappa shape index (κ2) is 8.32. The molecule has 4 rings (SSSR count). The lowest BCUT2D eigenvalue weighted by molar-refractivity contribution is 0.0503. The molecule has 4 unspecified atom stereocenters. The van der Waals surface area contributed by atoms with Gasteiger partial charge in [0, 0.05) is 31.0 Å². The highest BCUT2D eigenvalue weighted by Gasteiger charge is 2.46. The van der Waals surface area contributed by atoms with Crippen LogP contribution in [0.1, 0.15) is 81.4 Å². The Labute approximate surface area is 168 Å². The lowest BCUT2D eigenvalue weighted by Gasteiger charge is -2.53. The number of benzene rings is 1. The molecule has 4 atom stereocenters. The van der Waals surface area contributed by atoms with E-state index in [-0.39, 0.29) is 6.04 Å². The van der Waals surface area contributed by atoms with E-state index < -0.39 is 0 Å². The second-order valence-electron chi connectivity index (χ2n) is 8.64. The fraction of sp³-hybridized carbons (Fsp3) is 0.696. The third-order valence-electron chi connectivity index (χ3n) is 7.24. The third-order valence-corrected chi connectivity index (χ3v) is 7.24. The fourth-order valence-electron chi connectivity index (χ4n) is 5.85. The average molecular weight is 387 g/mol. The third kappa shape index (κ3) is 3.28. The van der Waals surface area contributed by atoms with Gasteiger partial charge in [0.1, 0.15) is 0 Å². The van der Waals surface area contributed by atoms with Gasteiger partial charge in [-0.3, -0.25) is 4.90 Å². The zero-order valence-corrected chi connectivity index (χ0v) is 17.5. The van der Waals surface area contributed by atoms with Crippen molar-refractivity contribution in [1.82, 2.24) is 4.90 Å². The lowest BCUT2D eigenvalue weighted by atomic mass is 9.69. The van der Waals surface area contributed by atoms with Gasteiger partial charge in [-0.1, -0.05) is 37.8 Å². The second-order valence-corrected chi connectivity index (χ2v) is 8.64. The van der Waals surface area contributed by atoms with Crippen LogP contribution in [0.15, 0.2) is 17.3 Å². The molecular formula is C23H34N2O3. The summed E-state index contributed by atoms with van der Waals surface area (Å²) in [6, 6.07) is 5.26. The minimum Gasteiger partial charge on any atom is -0.493 e. The molecule has 3 aliphatic rings. The normalized spacial score (nSPS) is 31.0. The van der Waals surface area contributed by atoms with E-state index in [4.69, 9.17) is 9.47 Å². The first kappa shape index (κ1) is 19.6. The first-order valence-electron chi connectivity index (χ1n) is 10.9. The summed E-state index contributed by atoms with van der Waals surface area (Å²) in [5.74, 6) is 2.57. The Morgan fingerprint density at radius 1 is 1.11 bits per heavy atom. The maximum atomic E-state index is 9.74. The molecule has 0 aromatic heterocycles. The van der Waals surface area contributed by atoms with Crippen molar-refractivity contribution in [2.45, 2.75) is 76.3 Å². The van der Waals surface area contributed by atoms with Crippen LogP contribution < -0.4 is 9.47 Å². The van der Waals surface area contributed by atoms with Gasteiger partial charge >= 0.3 is 0 Å². The van der Waals surface area contributed by atoms with Gasteiger partial charge in [-0.05, 0) is 48.4 Å². The molecule has 1 aromatic carbocycles. The molecule has 0 radical (unpaired) electrons. The van der Waals surface area contributed by atoms with Gasteiger partial charge in [0.05, 0.1) is 19.9 Å². The number of nitrogens with zero attached hydrogens (tertiary/aromatic N) is 2. The molecule has 0 spiro atoms. The molecule has 1 aliphatic carbocycles. The molecular weight excluding hydrogens is 352 g/mol. The molecule has 1 aromatic rings. The molecule has 0 bridgehead atoms. The average Bonchev–Trinajstić information content (AvgIpc) is 2.76. The van der Waals surface area contributed by atoms with Gasteiger partial charge in [0.15, 0.2) is 11.5 Å². The Balaban J connectivity index is 1.76. The van der Waals surface area contributed by atoms with Crippen molar-refractivity contribution in [2.24, 2.45) is 11.1 Å². The predicted octanol–water partition coefficient (Wildman–Crippen LogP) is 5.13. The molecule has 28 heavy (non-hydrogen) atoms. The standard InChI is InChI=1S/C23H34N2O3/c1-4-5-8-15-14-25-20-10-7-6-9-16(20)17-11-22(27-2)23(28-3)12-18(17)21(25)13-19(15)24-26/h11-12,15-16,20-21,26H,4-10,13-14H2,1-3H3. The van der Waals surface area contributed by atoms with Crippen molar-refractivity contribution in [1.29, 1.82) is 0 Å². The van der Waals surface area contributed by atoms with Crippen LogP contribution in [0, 0.1) is 5.92 Å². The van der Waals surface area contributed by atoms with Gasteiger partial charge in [-0.15, -0.1) is 0 Å². The first-order valence-corrected chi connectivity index (χ1v) is 10.9. The molecule has 2 aliphatic heterocycles. The molecule has 154 valence electrons. The summed E-state index contributed by atoms with van der Waals surface area (Å²) < 4.78 is 11.2. The molecule has 1 saturated carbocycles. The predicted molar refractivity (Wildman–Crippen MR) is 111 cm³/mol. The molecule has 0 amide bonds. The molecule has 1 saturated heterocycles. The number of piperidine rings is 1. The van der Waals surface area contributed by atoms with E-state index in [1.807, 2.05) is 0 Å². The summed E-state index contributed by atoms with van der Waals surface area (Å²) in [5.41, 5.74) is 3.74. The van der Waals surface area contributed by atoms with Gasteiger partial charge in [0.2, 0.25) is 0 Å². The number of ether oxygens (including phenoxy) is 2. The first-order chi connectivity index (χ1) is 13.7. The minimum atomic E-state index is 0.276. The van der Waals surface area contributed by atoms with Crippen molar-refractivity contribution < 1.29 is 14.7 Å². The van der Waals surface area contributed by atoms with Crippen LogP contribution in [-0.4, -0.2) is 42.6 Å². The van der Waals surface area contributed by atoms with Crippen LogP contribution in [0.5, 0.6) is 11.5 Å². The number of unbranched alkanes of at least 4 members (excludes halogenated alkanes) is 1. The zero-order valence-electron chi connectivity index (χ0n) is 17.5. The highest BCUT2D eigenvalue weighted by molar-refractivity contribution is 5.88. The smallest absolute Gasteiger partial charge is 0.161 e. The summed E-state index contributed by atoms with van der Waals surface area (Å²) in [7, 11) is 3.42. The SMILES string of the molecule is CCCCC1CN2C(CC1=NO)c1cc(OC)c(OC)cc1C1CCCCC12. The van der Waals surface area contributed by atoms with Crippen molar-refractivity contribution in [3.05, 3.63) is 23.3 Å². The number of rotatable bonds is 5. The van der Waals surface area contributed by atoms with Crippen LogP contribution in [0.4, 0.5) is 0 Å². The molecule has 5 heteroatoms. The van der Waals surface area contributed by atoms with Crippen molar-refractivity contribution in [3.63, 3.8) is 0 Å². The Morgan fingerprint density at radius 2 is 1.82 bits per heavy atom. The Kier molecular flexibility index (Phi) is 5.81. The van der Waals surface area contributed by atoms with Crippen LogP contribution in [-0.2, 0) is 0 Å². The summed E-state index contributed by atoms with van der Waals surface area (Å²) >= 11 is 0. The number of methoxy groups -OCH3 is 2. The molecule has 5 nitrogen and oxygen atoms in total. The van der Waals surface area contributed by atoms with E-state index in [9.17, 15) is 5.21 Å². The Bertz CT molecular complexity index is 733. The van der Waals surface area contributed by atoms with E-state index in [2.05, 4.69) is 29.1 Å². The molecule has 1 N–H and O–H groups in total. The van der Waals surface area contributed by atoms with Crippen molar-refractivity contribution in [2.75, 3.05) is 20.8 Å².